The average molecular weight is 256 g/mol. The third-order valence-corrected chi connectivity index (χ3v) is 3.88. The van der Waals surface area contributed by atoms with E-state index in [-0.39, 0.29) is 30.0 Å². The number of rotatable bonds is 6. The summed E-state index contributed by atoms with van der Waals surface area (Å²) >= 11 is 0. The van der Waals surface area contributed by atoms with Crippen LogP contribution < -0.4 is 10.6 Å². The van der Waals surface area contributed by atoms with E-state index in [0.717, 1.165) is 25.7 Å². The maximum absolute atomic E-state index is 11.9. The number of urea groups is 1. The zero-order valence-corrected chi connectivity index (χ0v) is 11.5. The van der Waals surface area contributed by atoms with Crippen LogP contribution >= 0.6 is 0 Å². The van der Waals surface area contributed by atoms with Gasteiger partial charge in [-0.15, -0.1) is 0 Å². The molecule has 104 valence electrons. The van der Waals surface area contributed by atoms with Gasteiger partial charge in [-0.05, 0) is 31.6 Å². The standard InChI is InChI=1S/C13H24N2O3/c1-4-13(6-5-7-13)15-12(18)14-10(9(2)3)8-11(16)17/h9-10H,4-8H2,1-3H3,(H,16,17)(H2,14,15,18). The highest BCUT2D eigenvalue weighted by Crippen LogP contribution is 2.34. The molecule has 0 aliphatic heterocycles. The number of carbonyl (C=O) groups excluding carboxylic acids is 1. The van der Waals surface area contributed by atoms with Crippen LogP contribution in [0, 0.1) is 5.92 Å². The Morgan fingerprint density at radius 2 is 1.94 bits per heavy atom. The lowest BCUT2D eigenvalue weighted by Crippen LogP contribution is -2.57. The smallest absolute Gasteiger partial charge is 0.315 e. The predicted molar refractivity (Wildman–Crippen MR) is 69.4 cm³/mol. The van der Waals surface area contributed by atoms with E-state index in [9.17, 15) is 9.59 Å². The number of carboxylic acids is 1. The first-order valence-corrected chi connectivity index (χ1v) is 6.69. The predicted octanol–water partition coefficient (Wildman–Crippen LogP) is 2.12. The minimum absolute atomic E-state index is 0.0375. The van der Waals surface area contributed by atoms with Gasteiger partial charge in [0, 0.05) is 11.6 Å². The van der Waals surface area contributed by atoms with E-state index < -0.39 is 5.97 Å². The highest BCUT2D eigenvalue weighted by molar-refractivity contribution is 5.76. The summed E-state index contributed by atoms with van der Waals surface area (Å²) in [6.45, 7) is 5.89. The van der Waals surface area contributed by atoms with Crippen molar-refractivity contribution in [1.29, 1.82) is 0 Å². The van der Waals surface area contributed by atoms with Crippen LogP contribution in [-0.4, -0.2) is 28.7 Å². The molecule has 2 amide bonds. The van der Waals surface area contributed by atoms with Crippen molar-refractivity contribution in [3.63, 3.8) is 0 Å². The van der Waals surface area contributed by atoms with Gasteiger partial charge in [-0.1, -0.05) is 20.8 Å². The van der Waals surface area contributed by atoms with Gasteiger partial charge in [0.15, 0.2) is 0 Å². The maximum atomic E-state index is 11.9. The van der Waals surface area contributed by atoms with Crippen molar-refractivity contribution < 1.29 is 14.7 Å². The molecule has 5 heteroatoms. The summed E-state index contributed by atoms with van der Waals surface area (Å²) in [5, 5.41) is 14.6. The van der Waals surface area contributed by atoms with Gasteiger partial charge in [0.2, 0.25) is 0 Å². The molecule has 1 rings (SSSR count). The minimum atomic E-state index is -0.886. The Balaban J connectivity index is 2.48. The Hall–Kier alpha value is -1.26. The van der Waals surface area contributed by atoms with Crippen LogP contribution in [0.25, 0.3) is 0 Å². The molecule has 0 radical (unpaired) electrons. The molecule has 0 heterocycles. The molecule has 1 unspecified atom stereocenters. The van der Waals surface area contributed by atoms with E-state index in [2.05, 4.69) is 17.6 Å². The summed E-state index contributed by atoms with van der Waals surface area (Å²) in [6, 6.07) is -0.562. The monoisotopic (exact) mass is 256 g/mol. The molecule has 1 atom stereocenters. The van der Waals surface area contributed by atoms with Crippen molar-refractivity contribution in [1.82, 2.24) is 10.6 Å². The van der Waals surface area contributed by atoms with E-state index in [0.29, 0.717) is 0 Å². The molecule has 0 aromatic rings. The van der Waals surface area contributed by atoms with Crippen molar-refractivity contribution in [2.45, 2.75) is 64.5 Å². The van der Waals surface area contributed by atoms with Crippen LogP contribution in [0.3, 0.4) is 0 Å². The molecule has 0 bridgehead atoms. The first-order valence-electron chi connectivity index (χ1n) is 6.69. The highest BCUT2D eigenvalue weighted by Gasteiger charge is 2.36. The van der Waals surface area contributed by atoms with Crippen LogP contribution in [-0.2, 0) is 4.79 Å². The number of carboxylic acid groups (broad SMARTS) is 1. The lowest BCUT2D eigenvalue weighted by molar-refractivity contribution is -0.137. The normalized spacial score (nSPS) is 18.9. The molecule has 0 aromatic heterocycles. The second-order valence-electron chi connectivity index (χ2n) is 5.53. The fraction of sp³-hybridized carbons (Fsp3) is 0.846. The van der Waals surface area contributed by atoms with Gasteiger partial charge in [0.05, 0.1) is 6.42 Å². The molecular formula is C13H24N2O3. The van der Waals surface area contributed by atoms with Crippen LogP contribution in [0.2, 0.25) is 0 Å². The van der Waals surface area contributed by atoms with Crippen LogP contribution in [0.5, 0.6) is 0 Å². The zero-order chi connectivity index (χ0) is 13.8. The van der Waals surface area contributed by atoms with Crippen molar-refractivity contribution in [3.05, 3.63) is 0 Å². The lowest BCUT2D eigenvalue weighted by atomic mass is 9.75. The second-order valence-corrected chi connectivity index (χ2v) is 5.53. The lowest BCUT2D eigenvalue weighted by Gasteiger charge is -2.42. The molecule has 0 saturated heterocycles. The summed E-state index contributed by atoms with van der Waals surface area (Å²) in [7, 11) is 0. The van der Waals surface area contributed by atoms with Crippen LogP contribution in [0.4, 0.5) is 4.79 Å². The first-order chi connectivity index (χ1) is 8.38. The van der Waals surface area contributed by atoms with Crippen molar-refractivity contribution in [2.24, 2.45) is 5.92 Å². The topological polar surface area (TPSA) is 78.4 Å². The van der Waals surface area contributed by atoms with Crippen LogP contribution in [0.15, 0.2) is 0 Å². The molecule has 18 heavy (non-hydrogen) atoms. The average Bonchev–Trinajstić information content (AvgIpc) is 2.21. The summed E-state index contributed by atoms with van der Waals surface area (Å²) in [5.41, 5.74) is -0.0607. The summed E-state index contributed by atoms with van der Waals surface area (Å²) in [4.78, 5) is 22.6. The minimum Gasteiger partial charge on any atom is -0.481 e. The zero-order valence-electron chi connectivity index (χ0n) is 11.5. The third-order valence-electron chi connectivity index (χ3n) is 3.88. The summed E-state index contributed by atoms with van der Waals surface area (Å²) < 4.78 is 0. The van der Waals surface area contributed by atoms with Gasteiger partial charge in [0.25, 0.3) is 0 Å². The van der Waals surface area contributed by atoms with Crippen molar-refractivity contribution in [2.75, 3.05) is 0 Å². The van der Waals surface area contributed by atoms with Crippen molar-refractivity contribution >= 4 is 12.0 Å². The van der Waals surface area contributed by atoms with Gasteiger partial charge in [-0.3, -0.25) is 4.79 Å². The van der Waals surface area contributed by atoms with E-state index in [1.165, 1.54) is 0 Å². The van der Waals surface area contributed by atoms with E-state index >= 15 is 0 Å². The third kappa shape index (κ3) is 3.89. The molecule has 0 aromatic carbocycles. The molecule has 3 N–H and O–H groups in total. The molecule has 1 saturated carbocycles. The highest BCUT2D eigenvalue weighted by atomic mass is 16.4. The number of carbonyl (C=O) groups is 2. The second kappa shape index (κ2) is 6.07. The maximum Gasteiger partial charge on any atom is 0.315 e. The van der Waals surface area contributed by atoms with Gasteiger partial charge in [-0.2, -0.15) is 0 Å². The van der Waals surface area contributed by atoms with Gasteiger partial charge in [-0.25, -0.2) is 4.79 Å². The van der Waals surface area contributed by atoms with Crippen LogP contribution in [0.1, 0.15) is 52.9 Å². The van der Waals surface area contributed by atoms with Gasteiger partial charge < -0.3 is 15.7 Å². The van der Waals surface area contributed by atoms with E-state index in [1.54, 1.807) is 0 Å². The largest absolute Gasteiger partial charge is 0.481 e. The Morgan fingerprint density at radius 3 is 2.28 bits per heavy atom. The Kier molecular flexibility index (Phi) is 4.99. The van der Waals surface area contributed by atoms with E-state index in [4.69, 9.17) is 5.11 Å². The fourth-order valence-corrected chi connectivity index (χ4v) is 2.26. The molecule has 1 fully saturated rings. The number of hydrogen-bond donors (Lipinski definition) is 3. The number of aliphatic carboxylic acids is 1. The molecule has 5 nitrogen and oxygen atoms in total. The van der Waals surface area contributed by atoms with Crippen molar-refractivity contribution in [3.8, 4) is 0 Å². The first kappa shape index (κ1) is 14.8. The summed E-state index contributed by atoms with van der Waals surface area (Å²) in [5.74, 6) is -0.784. The van der Waals surface area contributed by atoms with Gasteiger partial charge in [0.1, 0.15) is 0 Å². The number of nitrogens with one attached hydrogen (secondary N) is 2. The quantitative estimate of drug-likeness (QED) is 0.681. The molecule has 1 aliphatic rings. The fourth-order valence-electron chi connectivity index (χ4n) is 2.26. The van der Waals surface area contributed by atoms with Gasteiger partial charge >= 0.3 is 12.0 Å². The molecular weight excluding hydrogens is 232 g/mol. The summed E-state index contributed by atoms with van der Waals surface area (Å²) in [6.07, 6.45) is 4.07. The number of amides is 2. The SMILES string of the molecule is CCC1(NC(=O)NC(CC(=O)O)C(C)C)CCC1. The number of hydrogen-bond acceptors (Lipinski definition) is 2. The Labute approximate surface area is 108 Å². The molecule has 0 spiro atoms. The van der Waals surface area contributed by atoms with E-state index in [1.807, 2.05) is 13.8 Å². The molecule has 1 aliphatic carbocycles. The Bertz CT molecular complexity index is 306. The Morgan fingerprint density at radius 1 is 1.33 bits per heavy atom.